The molecule has 0 aliphatic heterocycles. The molecule has 1 nitrogen and oxygen atoms in total. The van der Waals surface area contributed by atoms with Crippen LogP contribution in [-0.2, 0) is 6.54 Å². The molecule has 0 amide bonds. The number of benzene rings is 1. The predicted octanol–water partition coefficient (Wildman–Crippen LogP) is 4.96. The Hall–Kier alpha value is -0.780. The summed E-state index contributed by atoms with van der Waals surface area (Å²) in [5.74, 6) is -0.862. The molecule has 102 valence electrons. The highest BCUT2D eigenvalue weighted by Gasteiger charge is 2.12. The average Bonchev–Trinajstić information content (AvgIpc) is 2.83. The van der Waals surface area contributed by atoms with Crippen LogP contribution in [0.15, 0.2) is 28.7 Å². The van der Waals surface area contributed by atoms with Gasteiger partial charge in [0.25, 0.3) is 0 Å². The summed E-state index contributed by atoms with van der Waals surface area (Å²) >= 11 is 4.46. The number of rotatable bonds is 5. The molecule has 0 spiro atoms. The minimum absolute atomic E-state index is 0.148. The van der Waals surface area contributed by atoms with E-state index in [-0.39, 0.29) is 4.47 Å². The van der Waals surface area contributed by atoms with Crippen molar-refractivity contribution in [1.82, 2.24) is 5.32 Å². The molecule has 1 aromatic heterocycles. The quantitative estimate of drug-likeness (QED) is 0.596. The van der Waals surface area contributed by atoms with Gasteiger partial charge in [-0.05, 0) is 53.2 Å². The first kappa shape index (κ1) is 14.6. The fourth-order valence-corrected chi connectivity index (χ4v) is 3.03. The zero-order chi connectivity index (χ0) is 13.8. The first-order valence-electron chi connectivity index (χ1n) is 6.06. The van der Waals surface area contributed by atoms with E-state index in [1.54, 1.807) is 0 Å². The highest BCUT2D eigenvalue weighted by molar-refractivity contribution is 9.10. The molecule has 0 aliphatic rings. The lowest BCUT2D eigenvalue weighted by Gasteiger charge is -2.02. The van der Waals surface area contributed by atoms with Crippen LogP contribution in [-0.4, -0.2) is 6.54 Å². The monoisotopic (exact) mass is 345 g/mol. The van der Waals surface area contributed by atoms with E-state index < -0.39 is 11.6 Å². The van der Waals surface area contributed by atoms with Crippen LogP contribution in [0.5, 0.6) is 0 Å². The van der Waals surface area contributed by atoms with Crippen LogP contribution in [0.3, 0.4) is 0 Å². The van der Waals surface area contributed by atoms with Crippen LogP contribution in [0.4, 0.5) is 8.78 Å². The second kappa shape index (κ2) is 6.59. The molecule has 2 rings (SSSR count). The molecule has 0 unspecified atom stereocenters. The van der Waals surface area contributed by atoms with Gasteiger partial charge >= 0.3 is 0 Å². The van der Waals surface area contributed by atoms with E-state index in [4.69, 9.17) is 0 Å². The lowest BCUT2D eigenvalue weighted by atomic mass is 10.2. The number of halogens is 3. The first-order valence-corrected chi connectivity index (χ1v) is 7.67. The molecule has 1 heterocycles. The van der Waals surface area contributed by atoms with Crippen molar-refractivity contribution < 1.29 is 8.78 Å². The maximum absolute atomic E-state index is 13.8. The van der Waals surface area contributed by atoms with Gasteiger partial charge in [0.1, 0.15) is 11.6 Å². The van der Waals surface area contributed by atoms with Crippen LogP contribution in [0, 0.1) is 11.6 Å². The summed E-state index contributed by atoms with van der Waals surface area (Å²) in [4.78, 5) is 1.86. The Balaban J connectivity index is 2.20. The smallest absolute Gasteiger partial charge is 0.138 e. The summed E-state index contributed by atoms with van der Waals surface area (Å²) in [6, 6.07) is 6.18. The molecule has 19 heavy (non-hydrogen) atoms. The van der Waals surface area contributed by atoms with Crippen LogP contribution in [0.25, 0.3) is 10.4 Å². The van der Waals surface area contributed by atoms with E-state index in [0.29, 0.717) is 5.56 Å². The van der Waals surface area contributed by atoms with Crippen LogP contribution in [0.2, 0.25) is 0 Å². The van der Waals surface area contributed by atoms with Gasteiger partial charge in [-0.2, -0.15) is 0 Å². The number of thiophene rings is 1. The van der Waals surface area contributed by atoms with E-state index in [1.165, 1.54) is 23.5 Å². The van der Waals surface area contributed by atoms with E-state index in [1.807, 2.05) is 12.1 Å². The van der Waals surface area contributed by atoms with E-state index in [9.17, 15) is 8.78 Å². The minimum Gasteiger partial charge on any atom is -0.312 e. The molecule has 1 N–H and O–H groups in total. The summed E-state index contributed by atoms with van der Waals surface area (Å²) in [6.45, 7) is 3.82. The van der Waals surface area contributed by atoms with Gasteiger partial charge in [0.2, 0.25) is 0 Å². The van der Waals surface area contributed by atoms with Crippen molar-refractivity contribution in [3.8, 4) is 10.4 Å². The van der Waals surface area contributed by atoms with Crippen molar-refractivity contribution in [2.24, 2.45) is 0 Å². The van der Waals surface area contributed by atoms with Crippen LogP contribution in [0.1, 0.15) is 18.2 Å². The maximum Gasteiger partial charge on any atom is 0.138 e. The molecule has 0 saturated carbocycles. The van der Waals surface area contributed by atoms with Gasteiger partial charge in [-0.25, -0.2) is 8.78 Å². The summed E-state index contributed by atoms with van der Waals surface area (Å²) < 4.78 is 27.5. The van der Waals surface area contributed by atoms with Crippen molar-refractivity contribution in [2.45, 2.75) is 19.9 Å². The van der Waals surface area contributed by atoms with E-state index >= 15 is 0 Å². The molecule has 5 heteroatoms. The maximum atomic E-state index is 13.8. The number of hydrogen-bond donors (Lipinski definition) is 1. The van der Waals surface area contributed by atoms with E-state index in [0.717, 1.165) is 29.3 Å². The minimum atomic E-state index is -0.449. The lowest BCUT2D eigenvalue weighted by molar-refractivity contribution is 0.597. The number of nitrogens with one attached hydrogen (secondary N) is 1. The summed E-state index contributed by atoms with van der Waals surface area (Å²) in [5, 5.41) is 3.29. The standard InChI is InChI=1S/C14H14BrF2NS/c1-2-5-18-8-9-3-4-14(19-9)10-6-13(17)11(15)7-12(10)16/h3-4,6-7,18H,2,5,8H2,1H3. The van der Waals surface area contributed by atoms with Gasteiger partial charge < -0.3 is 5.32 Å². The van der Waals surface area contributed by atoms with Gasteiger partial charge in [-0.3, -0.25) is 0 Å². The Morgan fingerprint density at radius 1 is 1.21 bits per heavy atom. The Kier molecular flexibility index (Phi) is 5.07. The topological polar surface area (TPSA) is 12.0 Å². The van der Waals surface area contributed by atoms with Crippen LogP contribution >= 0.6 is 27.3 Å². The highest BCUT2D eigenvalue weighted by Crippen LogP contribution is 2.32. The molecule has 0 radical (unpaired) electrons. The Bertz CT molecular complexity index is 569. The van der Waals surface area contributed by atoms with Gasteiger partial charge in [0.05, 0.1) is 4.47 Å². The number of hydrogen-bond acceptors (Lipinski definition) is 2. The zero-order valence-corrected chi connectivity index (χ0v) is 12.9. The summed E-state index contributed by atoms with van der Waals surface area (Å²) in [6.07, 6.45) is 1.07. The Morgan fingerprint density at radius 2 is 2.00 bits per heavy atom. The predicted molar refractivity (Wildman–Crippen MR) is 79.4 cm³/mol. The lowest BCUT2D eigenvalue weighted by Crippen LogP contribution is -2.12. The van der Waals surface area contributed by atoms with E-state index in [2.05, 4.69) is 28.2 Å². The van der Waals surface area contributed by atoms with Gasteiger partial charge in [-0.1, -0.05) is 6.92 Å². The highest BCUT2D eigenvalue weighted by atomic mass is 79.9. The molecule has 0 atom stereocenters. The Labute approximate surface area is 123 Å². The molecule has 0 saturated heterocycles. The molecule has 1 aromatic carbocycles. The third kappa shape index (κ3) is 3.61. The summed E-state index contributed by atoms with van der Waals surface area (Å²) in [7, 11) is 0. The van der Waals surface area contributed by atoms with Gasteiger partial charge in [0, 0.05) is 21.9 Å². The first-order chi connectivity index (χ1) is 9.11. The molecular weight excluding hydrogens is 332 g/mol. The Morgan fingerprint density at radius 3 is 2.74 bits per heavy atom. The van der Waals surface area contributed by atoms with Crippen molar-refractivity contribution in [1.29, 1.82) is 0 Å². The largest absolute Gasteiger partial charge is 0.312 e. The molecule has 0 aliphatic carbocycles. The van der Waals surface area contributed by atoms with Crippen molar-refractivity contribution in [2.75, 3.05) is 6.54 Å². The molecular formula is C14H14BrF2NS. The average molecular weight is 346 g/mol. The molecule has 2 aromatic rings. The second-order valence-corrected chi connectivity index (χ2v) is 6.21. The normalized spacial score (nSPS) is 10.9. The van der Waals surface area contributed by atoms with Gasteiger partial charge in [-0.15, -0.1) is 11.3 Å². The van der Waals surface area contributed by atoms with Crippen molar-refractivity contribution in [3.05, 3.63) is 45.2 Å². The SMILES string of the molecule is CCCNCc1ccc(-c2cc(F)c(Br)cc2F)s1. The second-order valence-electron chi connectivity index (χ2n) is 4.19. The van der Waals surface area contributed by atoms with Crippen molar-refractivity contribution >= 4 is 27.3 Å². The fourth-order valence-electron chi connectivity index (χ4n) is 1.72. The third-order valence-electron chi connectivity index (χ3n) is 2.66. The van der Waals surface area contributed by atoms with Crippen LogP contribution < -0.4 is 5.32 Å². The van der Waals surface area contributed by atoms with Crippen molar-refractivity contribution in [3.63, 3.8) is 0 Å². The zero-order valence-electron chi connectivity index (χ0n) is 10.5. The third-order valence-corrected chi connectivity index (χ3v) is 4.39. The molecule has 0 bridgehead atoms. The molecule has 0 fully saturated rings. The van der Waals surface area contributed by atoms with Gasteiger partial charge in [0.15, 0.2) is 0 Å². The summed E-state index contributed by atoms with van der Waals surface area (Å²) in [5.41, 5.74) is 0.312. The fraction of sp³-hybridized carbons (Fsp3) is 0.286.